The van der Waals surface area contributed by atoms with Crippen molar-refractivity contribution in [2.45, 2.75) is 18.9 Å². The second kappa shape index (κ2) is 8.37. The summed E-state index contributed by atoms with van der Waals surface area (Å²) in [4.78, 5) is 17.6. The molecule has 1 saturated heterocycles. The lowest BCUT2D eigenvalue weighted by Crippen LogP contribution is -2.39. The van der Waals surface area contributed by atoms with E-state index in [1.165, 1.54) is 5.56 Å². The Morgan fingerprint density at radius 1 is 1.52 bits per heavy atom. The van der Waals surface area contributed by atoms with Crippen LogP contribution >= 0.6 is 24.0 Å². The van der Waals surface area contributed by atoms with Crippen molar-refractivity contribution in [1.82, 2.24) is 20.0 Å². The topological polar surface area (TPSA) is 102 Å². The van der Waals surface area contributed by atoms with Crippen LogP contribution in [0.25, 0.3) is 0 Å². The lowest BCUT2D eigenvalue weighted by Gasteiger charge is -2.21. The van der Waals surface area contributed by atoms with Gasteiger partial charge in [0, 0.05) is 39.3 Å². The van der Waals surface area contributed by atoms with Crippen LogP contribution in [0.2, 0.25) is 0 Å². The number of nitrogens with zero attached hydrogens (tertiary/aromatic N) is 4. The number of primary amides is 1. The molecule has 1 atom stereocenters. The fourth-order valence-corrected chi connectivity index (χ4v) is 2.98. The first kappa shape index (κ1) is 19.3. The molecule has 3 N–H and O–H groups in total. The Hall–Kier alpha value is -2.04. The van der Waals surface area contributed by atoms with E-state index in [9.17, 15) is 4.79 Å². The number of amides is 1. The summed E-state index contributed by atoms with van der Waals surface area (Å²) in [5, 5.41) is 7.51. The minimum Gasteiger partial charge on any atom is -0.454 e. The number of furan rings is 1. The zero-order chi connectivity index (χ0) is 17.1. The average Bonchev–Trinajstić information content (AvgIpc) is 3.27. The highest BCUT2D eigenvalue weighted by Crippen LogP contribution is 2.26. The number of carbonyl (C=O) groups excluding carboxylic acids is 1. The maximum absolute atomic E-state index is 11.1. The van der Waals surface area contributed by atoms with Gasteiger partial charge >= 0.3 is 0 Å². The maximum atomic E-state index is 11.1. The molecule has 8 nitrogen and oxygen atoms in total. The standard InChI is InChI=1S/C16H22N6O2.HI/c1-18-16(19-8-13-3-4-14(24-13)15(17)23)22-6-5-11(10-22)12-7-20-21(2)9-12;/h3-4,7,9,11H,5-6,8,10H2,1-2H3,(H2,17,23)(H,18,19);1H. The van der Waals surface area contributed by atoms with Crippen LogP contribution in [0.1, 0.15) is 34.2 Å². The molecule has 1 aliphatic rings. The molecule has 1 fully saturated rings. The van der Waals surface area contributed by atoms with Crippen LogP contribution in [-0.2, 0) is 13.6 Å². The van der Waals surface area contributed by atoms with E-state index in [-0.39, 0.29) is 29.7 Å². The Kier molecular flexibility index (Phi) is 6.45. The number of nitrogens with one attached hydrogen (secondary N) is 1. The summed E-state index contributed by atoms with van der Waals surface area (Å²) < 4.78 is 7.21. The molecule has 0 spiro atoms. The van der Waals surface area contributed by atoms with Crippen molar-refractivity contribution in [3.8, 4) is 0 Å². The molecular weight excluding hydrogens is 435 g/mol. The van der Waals surface area contributed by atoms with Gasteiger partial charge < -0.3 is 20.4 Å². The molecule has 25 heavy (non-hydrogen) atoms. The number of aliphatic imine (C=N–C) groups is 1. The zero-order valence-electron chi connectivity index (χ0n) is 14.3. The number of hydrogen-bond acceptors (Lipinski definition) is 4. The summed E-state index contributed by atoms with van der Waals surface area (Å²) in [5.74, 6) is 1.53. The predicted octanol–water partition coefficient (Wildman–Crippen LogP) is 1.29. The van der Waals surface area contributed by atoms with Crippen LogP contribution in [0, 0.1) is 0 Å². The van der Waals surface area contributed by atoms with Gasteiger partial charge in [0.1, 0.15) is 5.76 Å². The van der Waals surface area contributed by atoms with Crippen molar-refractivity contribution in [2.75, 3.05) is 20.1 Å². The van der Waals surface area contributed by atoms with Gasteiger partial charge in [-0.2, -0.15) is 5.10 Å². The van der Waals surface area contributed by atoms with Gasteiger partial charge in [-0.3, -0.25) is 14.5 Å². The van der Waals surface area contributed by atoms with Gasteiger partial charge in [0.15, 0.2) is 11.7 Å². The fraction of sp³-hybridized carbons (Fsp3) is 0.438. The molecule has 0 bridgehead atoms. The third kappa shape index (κ3) is 4.53. The van der Waals surface area contributed by atoms with E-state index in [4.69, 9.17) is 10.2 Å². The summed E-state index contributed by atoms with van der Waals surface area (Å²) >= 11 is 0. The number of rotatable bonds is 4. The third-order valence-electron chi connectivity index (χ3n) is 4.22. The average molecular weight is 458 g/mol. The van der Waals surface area contributed by atoms with Gasteiger partial charge in [-0.15, -0.1) is 24.0 Å². The van der Waals surface area contributed by atoms with Crippen molar-refractivity contribution < 1.29 is 9.21 Å². The van der Waals surface area contributed by atoms with Crippen LogP contribution in [0.4, 0.5) is 0 Å². The summed E-state index contributed by atoms with van der Waals surface area (Å²) in [5.41, 5.74) is 6.45. The van der Waals surface area contributed by atoms with E-state index in [1.807, 2.05) is 17.9 Å². The van der Waals surface area contributed by atoms with E-state index in [2.05, 4.69) is 26.5 Å². The lowest BCUT2D eigenvalue weighted by atomic mass is 10.0. The molecular formula is C16H23IN6O2. The monoisotopic (exact) mass is 458 g/mol. The molecule has 0 aliphatic carbocycles. The molecule has 0 saturated carbocycles. The highest BCUT2D eigenvalue weighted by Gasteiger charge is 2.26. The van der Waals surface area contributed by atoms with Gasteiger partial charge in [-0.05, 0) is 24.1 Å². The van der Waals surface area contributed by atoms with Crippen molar-refractivity contribution in [2.24, 2.45) is 17.8 Å². The highest BCUT2D eigenvalue weighted by atomic mass is 127. The minimum atomic E-state index is -0.565. The van der Waals surface area contributed by atoms with Gasteiger partial charge in [0.25, 0.3) is 5.91 Å². The van der Waals surface area contributed by atoms with Gasteiger partial charge in [0.05, 0.1) is 12.7 Å². The van der Waals surface area contributed by atoms with Gasteiger partial charge in [-0.25, -0.2) is 0 Å². The maximum Gasteiger partial charge on any atom is 0.284 e. The quantitative estimate of drug-likeness (QED) is 0.409. The van der Waals surface area contributed by atoms with E-state index < -0.39 is 5.91 Å². The molecule has 1 amide bonds. The van der Waals surface area contributed by atoms with Crippen molar-refractivity contribution in [1.29, 1.82) is 0 Å². The first-order valence-corrected chi connectivity index (χ1v) is 7.89. The number of hydrogen-bond donors (Lipinski definition) is 2. The summed E-state index contributed by atoms with van der Waals surface area (Å²) in [6.07, 6.45) is 5.07. The Labute approximate surface area is 163 Å². The van der Waals surface area contributed by atoms with Gasteiger partial charge in [-0.1, -0.05) is 0 Å². The number of carbonyl (C=O) groups is 1. The van der Waals surface area contributed by atoms with Crippen molar-refractivity contribution in [3.63, 3.8) is 0 Å². The fourth-order valence-electron chi connectivity index (χ4n) is 2.98. The largest absolute Gasteiger partial charge is 0.454 e. The van der Waals surface area contributed by atoms with Crippen LogP contribution in [0.5, 0.6) is 0 Å². The number of aryl methyl sites for hydroxylation is 1. The normalized spacial score (nSPS) is 17.4. The van der Waals surface area contributed by atoms with Crippen LogP contribution in [-0.4, -0.2) is 46.7 Å². The molecule has 3 heterocycles. The number of guanidine groups is 1. The third-order valence-corrected chi connectivity index (χ3v) is 4.22. The first-order valence-electron chi connectivity index (χ1n) is 7.89. The summed E-state index contributed by atoms with van der Waals surface area (Å²) in [7, 11) is 3.69. The summed E-state index contributed by atoms with van der Waals surface area (Å²) in [6.45, 7) is 2.29. The van der Waals surface area contributed by atoms with Gasteiger partial charge in [0.2, 0.25) is 0 Å². The number of aromatic nitrogens is 2. The summed E-state index contributed by atoms with van der Waals surface area (Å²) in [6, 6.07) is 3.32. The lowest BCUT2D eigenvalue weighted by molar-refractivity contribution is 0.0972. The molecule has 1 unspecified atom stereocenters. The Bertz CT molecular complexity index is 753. The van der Waals surface area contributed by atoms with Crippen LogP contribution in [0.15, 0.2) is 33.9 Å². The second-order valence-electron chi connectivity index (χ2n) is 5.91. The Balaban J connectivity index is 0.00000225. The molecule has 0 radical (unpaired) electrons. The van der Waals surface area contributed by atoms with E-state index >= 15 is 0 Å². The van der Waals surface area contributed by atoms with E-state index in [0.29, 0.717) is 18.2 Å². The number of nitrogens with two attached hydrogens (primary N) is 1. The van der Waals surface area contributed by atoms with Crippen LogP contribution in [0.3, 0.4) is 0 Å². The van der Waals surface area contributed by atoms with Crippen LogP contribution < -0.4 is 11.1 Å². The molecule has 2 aromatic heterocycles. The molecule has 1 aliphatic heterocycles. The molecule has 3 rings (SSSR count). The highest BCUT2D eigenvalue weighted by molar-refractivity contribution is 14.0. The predicted molar refractivity (Wildman–Crippen MR) is 105 cm³/mol. The zero-order valence-corrected chi connectivity index (χ0v) is 16.6. The first-order chi connectivity index (χ1) is 11.6. The van der Waals surface area contributed by atoms with Crippen molar-refractivity contribution in [3.05, 3.63) is 41.6 Å². The molecule has 0 aromatic carbocycles. The SMILES string of the molecule is CN=C(NCc1ccc(C(N)=O)o1)N1CCC(c2cnn(C)c2)C1.I. The smallest absolute Gasteiger partial charge is 0.284 e. The number of likely N-dealkylation sites (tertiary alicyclic amines) is 1. The molecule has 136 valence electrons. The van der Waals surface area contributed by atoms with E-state index in [1.54, 1.807) is 19.2 Å². The van der Waals surface area contributed by atoms with E-state index in [0.717, 1.165) is 25.5 Å². The Morgan fingerprint density at radius 2 is 2.32 bits per heavy atom. The molecule has 2 aromatic rings. The minimum absolute atomic E-state index is 0. The molecule has 9 heteroatoms. The second-order valence-corrected chi connectivity index (χ2v) is 5.91. The number of halogens is 1. The van der Waals surface area contributed by atoms with Crippen molar-refractivity contribution >= 4 is 35.8 Å². The Morgan fingerprint density at radius 3 is 2.92 bits per heavy atom.